The third kappa shape index (κ3) is 3.43. The number of carbonyl (C=O) groups is 1. The monoisotopic (exact) mass is 278 g/mol. The first-order valence-electron chi connectivity index (χ1n) is 6.16. The molecule has 1 aliphatic rings. The lowest BCUT2D eigenvalue weighted by atomic mass is 10.1. The zero-order valence-corrected chi connectivity index (χ0v) is 12.0. The molecule has 1 N–H and O–H groups in total. The summed E-state index contributed by atoms with van der Waals surface area (Å²) in [6.07, 6.45) is 2.53. The Morgan fingerprint density at radius 1 is 1.39 bits per heavy atom. The van der Waals surface area contributed by atoms with Crippen LogP contribution in [0, 0.1) is 0 Å². The van der Waals surface area contributed by atoms with E-state index in [1.54, 1.807) is 7.05 Å². The molecule has 0 saturated carbocycles. The molecule has 106 valence electrons. The SMILES string of the molecule is COC(=O)C(C)S(=O)(=O)N(C)C1CCCNCC1. The maximum absolute atomic E-state index is 12.2. The van der Waals surface area contributed by atoms with Crippen molar-refractivity contribution in [2.45, 2.75) is 37.5 Å². The van der Waals surface area contributed by atoms with Crippen LogP contribution in [0.1, 0.15) is 26.2 Å². The van der Waals surface area contributed by atoms with Crippen LogP contribution in [-0.2, 0) is 19.6 Å². The summed E-state index contributed by atoms with van der Waals surface area (Å²) < 4.78 is 30.3. The maximum Gasteiger partial charge on any atom is 0.325 e. The van der Waals surface area contributed by atoms with Crippen molar-refractivity contribution in [2.24, 2.45) is 0 Å². The van der Waals surface area contributed by atoms with Gasteiger partial charge in [0.05, 0.1) is 7.11 Å². The predicted octanol–water partition coefficient (Wildman–Crippen LogP) is -0.0484. The number of ether oxygens (including phenoxy) is 1. The van der Waals surface area contributed by atoms with E-state index in [4.69, 9.17) is 0 Å². The molecule has 0 aromatic rings. The Kier molecular flexibility index (Phi) is 5.55. The topological polar surface area (TPSA) is 75.7 Å². The van der Waals surface area contributed by atoms with E-state index in [2.05, 4.69) is 10.1 Å². The molecule has 1 aliphatic heterocycles. The lowest BCUT2D eigenvalue weighted by Crippen LogP contribution is -2.45. The molecule has 0 amide bonds. The average Bonchev–Trinajstić information content (AvgIpc) is 2.64. The molecule has 0 radical (unpaired) electrons. The van der Waals surface area contributed by atoms with Crippen molar-refractivity contribution in [3.63, 3.8) is 0 Å². The van der Waals surface area contributed by atoms with Crippen LogP contribution in [-0.4, -0.2) is 57.2 Å². The Bertz CT molecular complexity index is 375. The second kappa shape index (κ2) is 6.49. The summed E-state index contributed by atoms with van der Waals surface area (Å²) in [5.41, 5.74) is 0. The molecule has 1 saturated heterocycles. The number of esters is 1. The van der Waals surface area contributed by atoms with Gasteiger partial charge in [-0.2, -0.15) is 0 Å². The van der Waals surface area contributed by atoms with Gasteiger partial charge in [-0.1, -0.05) is 0 Å². The molecule has 1 fully saturated rings. The lowest BCUT2D eigenvalue weighted by molar-refractivity contribution is -0.139. The van der Waals surface area contributed by atoms with E-state index >= 15 is 0 Å². The number of nitrogens with zero attached hydrogens (tertiary/aromatic N) is 1. The Morgan fingerprint density at radius 2 is 2.06 bits per heavy atom. The summed E-state index contributed by atoms with van der Waals surface area (Å²) in [5.74, 6) is -0.714. The molecule has 18 heavy (non-hydrogen) atoms. The molecular formula is C11H22N2O4S. The number of sulfonamides is 1. The van der Waals surface area contributed by atoms with Crippen LogP contribution in [0.25, 0.3) is 0 Å². The molecule has 1 heterocycles. The van der Waals surface area contributed by atoms with Gasteiger partial charge in [0.2, 0.25) is 10.0 Å². The Hall–Kier alpha value is -0.660. The molecule has 7 heteroatoms. The van der Waals surface area contributed by atoms with Gasteiger partial charge >= 0.3 is 5.97 Å². The third-order valence-electron chi connectivity index (χ3n) is 3.44. The highest BCUT2D eigenvalue weighted by molar-refractivity contribution is 7.90. The van der Waals surface area contributed by atoms with Crippen LogP contribution >= 0.6 is 0 Å². The number of carbonyl (C=O) groups excluding carboxylic acids is 1. The second-order valence-electron chi connectivity index (χ2n) is 4.56. The molecular weight excluding hydrogens is 256 g/mol. The van der Waals surface area contributed by atoms with E-state index in [-0.39, 0.29) is 6.04 Å². The van der Waals surface area contributed by atoms with Crippen LogP contribution in [0.2, 0.25) is 0 Å². The maximum atomic E-state index is 12.2. The van der Waals surface area contributed by atoms with E-state index in [0.29, 0.717) is 0 Å². The highest BCUT2D eigenvalue weighted by Crippen LogP contribution is 2.18. The summed E-state index contributed by atoms with van der Waals surface area (Å²) in [6, 6.07) is -0.0443. The normalized spacial score (nSPS) is 23.4. The van der Waals surface area contributed by atoms with Crippen molar-refractivity contribution in [3.8, 4) is 0 Å². The van der Waals surface area contributed by atoms with Crippen LogP contribution in [0.15, 0.2) is 0 Å². The summed E-state index contributed by atoms with van der Waals surface area (Å²) in [6.45, 7) is 3.08. The van der Waals surface area contributed by atoms with Gasteiger partial charge in [0.1, 0.15) is 0 Å². The van der Waals surface area contributed by atoms with Gasteiger partial charge in [-0.25, -0.2) is 12.7 Å². The first kappa shape index (κ1) is 15.4. The highest BCUT2D eigenvalue weighted by atomic mass is 32.2. The van der Waals surface area contributed by atoms with Gasteiger partial charge in [0.15, 0.2) is 5.25 Å². The van der Waals surface area contributed by atoms with Crippen LogP contribution in [0.4, 0.5) is 0 Å². The highest BCUT2D eigenvalue weighted by Gasteiger charge is 2.36. The van der Waals surface area contributed by atoms with E-state index in [0.717, 1.165) is 32.4 Å². The van der Waals surface area contributed by atoms with Gasteiger partial charge in [-0.05, 0) is 39.3 Å². The van der Waals surface area contributed by atoms with Gasteiger partial charge < -0.3 is 10.1 Å². The van der Waals surface area contributed by atoms with Gasteiger partial charge in [0.25, 0.3) is 0 Å². The van der Waals surface area contributed by atoms with E-state index in [9.17, 15) is 13.2 Å². The van der Waals surface area contributed by atoms with E-state index in [1.807, 2.05) is 0 Å². The zero-order valence-electron chi connectivity index (χ0n) is 11.2. The van der Waals surface area contributed by atoms with Crippen molar-refractivity contribution in [2.75, 3.05) is 27.2 Å². The molecule has 6 nitrogen and oxygen atoms in total. The van der Waals surface area contributed by atoms with E-state index < -0.39 is 21.2 Å². The average molecular weight is 278 g/mol. The predicted molar refractivity (Wildman–Crippen MR) is 68.7 cm³/mol. The summed E-state index contributed by atoms with van der Waals surface area (Å²) in [7, 11) is -0.890. The van der Waals surface area contributed by atoms with Crippen molar-refractivity contribution < 1.29 is 17.9 Å². The molecule has 1 rings (SSSR count). The number of nitrogens with one attached hydrogen (secondary N) is 1. The number of methoxy groups -OCH3 is 1. The smallest absolute Gasteiger partial charge is 0.325 e. The first-order valence-corrected chi connectivity index (χ1v) is 7.67. The largest absolute Gasteiger partial charge is 0.468 e. The minimum absolute atomic E-state index is 0.0443. The minimum Gasteiger partial charge on any atom is -0.468 e. The second-order valence-corrected chi connectivity index (χ2v) is 6.87. The molecule has 0 aromatic carbocycles. The quantitative estimate of drug-likeness (QED) is 0.730. The minimum atomic E-state index is -3.64. The summed E-state index contributed by atoms with van der Waals surface area (Å²) in [4.78, 5) is 11.4. The fraction of sp³-hybridized carbons (Fsp3) is 0.909. The summed E-state index contributed by atoms with van der Waals surface area (Å²) >= 11 is 0. The number of rotatable bonds is 4. The molecule has 0 aliphatic carbocycles. The fourth-order valence-corrected chi connectivity index (χ4v) is 3.57. The van der Waals surface area contributed by atoms with Crippen molar-refractivity contribution in [1.82, 2.24) is 9.62 Å². The fourth-order valence-electron chi connectivity index (χ4n) is 2.11. The van der Waals surface area contributed by atoms with Gasteiger partial charge in [-0.3, -0.25) is 4.79 Å². The number of hydrogen-bond donors (Lipinski definition) is 1. The summed E-state index contributed by atoms with van der Waals surface area (Å²) in [5, 5.41) is 2.08. The molecule has 0 aromatic heterocycles. The van der Waals surface area contributed by atoms with Crippen LogP contribution < -0.4 is 5.32 Å². The Balaban J connectivity index is 2.79. The molecule has 2 unspecified atom stereocenters. The number of hydrogen-bond acceptors (Lipinski definition) is 5. The lowest BCUT2D eigenvalue weighted by Gasteiger charge is -2.28. The molecule has 2 atom stereocenters. The van der Waals surface area contributed by atoms with Crippen molar-refractivity contribution >= 4 is 16.0 Å². The van der Waals surface area contributed by atoms with Gasteiger partial charge in [-0.15, -0.1) is 0 Å². The Morgan fingerprint density at radius 3 is 2.67 bits per heavy atom. The zero-order chi connectivity index (χ0) is 13.8. The van der Waals surface area contributed by atoms with E-state index in [1.165, 1.54) is 18.3 Å². The standard InChI is InChI=1S/C11H22N2O4S/c1-9(11(14)17-3)18(15,16)13(2)10-5-4-7-12-8-6-10/h9-10,12H,4-8H2,1-3H3. The third-order valence-corrected chi connectivity index (χ3v) is 5.63. The van der Waals surface area contributed by atoms with Crippen molar-refractivity contribution in [1.29, 1.82) is 0 Å². The Labute approximate surface area is 109 Å². The first-order chi connectivity index (χ1) is 8.41. The van der Waals surface area contributed by atoms with Crippen molar-refractivity contribution in [3.05, 3.63) is 0 Å². The van der Waals surface area contributed by atoms with Crippen LogP contribution in [0.5, 0.6) is 0 Å². The van der Waals surface area contributed by atoms with Gasteiger partial charge in [0, 0.05) is 13.1 Å². The molecule has 0 spiro atoms. The molecule has 0 bridgehead atoms. The van der Waals surface area contributed by atoms with Crippen LogP contribution in [0.3, 0.4) is 0 Å².